The summed E-state index contributed by atoms with van der Waals surface area (Å²) in [6.45, 7) is 2.85. The minimum Gasteiger partial charge on any atom is -0.748 e. The first-order valence-corrected chi connectivity index (χ1v) is 20.7. The fourth-order valence-corrected chi connectivity index (χ4v) is 10.9. The molecule has 1 N–H and O–H groups in total. The van der Waals surface area contributed by atoms with Crippen molar-refractivity contribution in [2.75, 3.05) is 30.1 Å². The number of hydrogen-bond donors (Lipinski definition) is 1. The second kappa shape index (κ2) is 13.0. The summed E-state index contributed by atoms with van der Waals surface area (Å²) in [5, 5.41) is 8.03. The molecule has 0 atom stereocenters. The molecule has 0 spiro atoms. The minimum absolute atomic E-state index is 0.189. The molecule has 5 aromatic rings. The molecule has 6 rings (SSSR count). The molecule has 0 saturated heterocycles. The lowest BCUT2D eigenvalue weighted by atomic mass is 10.1. The average Bonchev–Trinajstić information content (AvgIpc) is 3.76. The van der Waals surface area contributed by atoms with E-state index >= 15 is 0 Å². The maximum absolute atomic E-state index is 11.5. The molecular weight excluding hydrogens is 693 g/mol. The number of allylic oxidation sites excluding steroid dienone is 2. The van der Waals surface area contributed by atoms with Gasteiger partial charge in [0.2, 0.25) is 5.52 Å². The number of aryl methyl sites for hydroxylation is 1. The number of thiazole rings is 1. The van der Waals surface area contributed by atoms with Gasteiger partial charge in [-0.3, -0.25) is 4.55 Å². The van der Waals surface area contributed by atoms with Gasteiger partial charge in [-0.2, -0.15) is 13.0 Å². The largest absolute Gasteiger partial charge is 0.748 e. The number of nitrogens with zero attached hydrogens (tertiary/aromatic N) is 2. The summed E-state index contributed by atoms with van der Waals surface area (Å²) in [7, 11) is -6.80. The fraction of sp³-hybridized carbons (Fsp3) is 0.300. The van der Waals surface area contributed by atoms with E-state index in [-0.39, 0.29) is 18.6 Å². The van der Waals surface area contributed by atoms with Gasteiger partial charge in [0.05, 0.1) is 38.4 Å². The van der Waals surface area contributed by atoms with Crippen LogP contribution in [0.4, 0.5) is 5.69 Å². The van der Waals surface area contributed by atoms with Crippen LogP contribution in [0.1, 0.15) is 31.2 Å². The van der Waals surface area contributed by atoms with Crippen LogP contribution >= 0.6 is 45.8 Å². The number of rotatable bonds is 12. The maximum atomic E-state index is 11.5. The van der Waals surface area contributed by atoms with Gasteiger partial charge in [-0.1, -0.05) is 36.1 Å². The van der Waals surface area contributed by atoms with E-state index < -0.39 is 26.0 Å². The van der Waals surface area contributed by atoms with Crippen molar-refractivity contribution < 1.29 is 35.2 Å². The van der Waals surface area contributed by atoms with Crippen LogP contribution in [0.2, 0.25) is 0 Å². The van der Waals surface area contributed by atoms with E-state index in [1.165, 1.54) is 0 Å². The highest BCUT2D eigenvalue weighted by molar-refractivity contribution is 8.03. The molecule has 0 amide bonds. The molecule has 4 heterocycles. The summed E-state index contributed by atoms with van der Waals surface area (Å²) in [6, 6.07) is 10.3. The summed E-state index contributed by atoms with van der Waals surface area (Å²) < 4.78 is 77.7. The Morgan fingerprint density at radius 2 is 1.84 bits per heavy atom. The molecule has 45 heavy (non-hydrogen) atoms. The molecule has 0 fully saturated rings. The SMILES string of the molecule is CCC(=Cc1sc2cc(OC)c3ccsc3c2[n+]1CCCS(=O)(=O)[O-])C=C1Sc2ccc3ccsc3c2N1CCCS(=O)(=O)O. The van der Waals surface area contributed by atoms with Gasteiger partial charge in [0.1, 0.15) is 15.1 Å². The van der Waals surface area contributed by atoms with Gasteiger partial charge < -0.3 is 14.2 Å². The molecule has 0 saturated carbocycles. The molecule has 0 unspecified atom stereocenters. The first-order chi connectivity index (χ1) is 21.5. The van der Waals surface area contributed by atoms with E-state index in [9.17, 15) is 25.9 Å². The average molecular weight is 723 g/mol. The Hall–Kier alpha value is -2.50. The predicted molar refractivity (Wildman–Crippen MR) is 186 cm³/mol. The zero-order valence-corrected chi connectivity index (χ0v) is 29.3. The van der Waals surface area contributed by atoms with Crippen LogP contribution in [0.5, 0.6) is 5.75 Å². The monoisotopic (exact) mass is 722 g/mol. The lowest BCUT2D eigenvalue weighted by Gasteiger charge is -2.21. The first kappa shape index (κ1) is 32.4. The van der Waals surface area contributed by atoms with E-state index in [1.807, 2.05) is 22.9 Å². The van der Waals surface area contributed by atoms with Crippen LogP contribution in [-0.4, -0.2) is 51.1 Å². The number of thiophene rings is 2. The number of hydrogen-bond acceptors (Lipinski definition) is 11. The standard InChI is InChI=1S/C30H30N2O7S6/c1-3-19(16-25-31(10-4-14-44(33,34)35)27-23(42-25)7-6-20-8-12-40-29(20)27)17-26-32(11-5-15-45(36,37)38)28-24(43-26)18-22(39-2)21-9-13-41-30(21)28/h6-9,12-13,16-18H,3-5,10-11,14-15H2,1-2H3,(H-,33,34,35,36,37,38). The van der Waals surface area contributed by atoms with Crippen molar-refractivity contribution in [3.05, 3.63) is 62.8 Å². The summed E-state index contributed by atoms with van der Waals surface area (Å²) in [5.74, 6) is -0.00228. The van der Waals surface area contributed by atoms with E-state index in [2.05, 4.69) is 46.7 Å². The van der Waals surface area contributed by atoms with E-state index in [4.69, 9.17) is 4.74 Å². The van der Waals surface area contributed by atoms with Crippen LogP contribution in [0.3, 0.4) is 0 Å². The van der Waals surface area contributed by atoms with Gasteiger partial charge in [-0.05, 0) is 58.8 Å². The topological polar surface area (TPSA) is 128 Å². The molecule has 0 aliphatic carbocycles. The van der Waals surface area contributed by atoms with Gasteiger partial charge in [-0.25, -0.2) is 8.42 Å². The minimum atomic E-state index is -4.35. The number of anilines is 1. The van der Waals surface area contributed by atoms with Gasteiger partial charge in [0.25, 0.3) is 15.1 Å². The highest BCUT2D eigenvalue weighted by Crippen LogP contribution is 2.51. The Labute approximate surface area is 277 Å². The van der Waals surface area contributed by atoms with Crippen molar-refractivity contribution in [3.63, 3.8) is 0 Å². The molecule has 0 bridgehead atoms. The normalized spacial score (nSPS) is 15.2. The molecule has 3 aromatic heterocycles. The van der Waals surface area contributed by atoms with Crippen LogP contribution in [0.15, 0.2) is 62.7 Å². The molecule has 1 aliphatic heterocycles. The maximum Gasteiger partial charge on any atom is 0.264 e. The van der Waals surface area contributed by atoms with Crippen LogP contribution in [0.25, 0.3) is 36.5 Å². The molecule has 9 nitrogen and oxygen atoms in total. The number of fused-ring (bicyclic) bond motifs is 6. The number of methoxy groups -OCH3 is 1. The lowest BCUT2D eigenvalue weighted by Crippen LogP contribution is -2.36. The summed E-state index contributed by atoms with van der Waals surface area (Å²) in [4.78, 5) is 3.23. The van der Waals surface area contributed by atoms with Gasteiger partial charge in [-0.15, -0.1) is 22.7 Å². The molecule has 1 aliphatic rings. The third-order valence-electron chi connectivity index (χ3n) is 7.51. The Kier molecular flexibility index (Phi) is 9.34. The summed E-state index contributed by atoms with van der Waals surface area (Å²) >= 11 is 6.45. The Balaban J connectivity index is 1.44. The number of ether oxygens (including phenoxy) is 1. The highest BCUT2D eigenvalue weighted by Gasteiger charge is 2.29. The van der Waals surface area contributed by atoms with Gasteiger partial charge >= 0.3 is 0 Å². The molecular formula is C30H30N2O7S6. The van der Waals surface area contributed by atoms with Crippen LogP contribution < -0.4 is 14.2 Å². The van der Waals surface area contributed by atoms with Crippen molar-refractivity contribution in [2.24, 2.45) is 0 Å². The zero-order chi connectivity index (χ0) is 31.9. The highest BCUT2D eigenvalue weighted by atomic mass is 32.2. The molecule has 2 aromatic carbocycles. The Morgan fingerprint density at radius 3 is 2.58 bits per heavy atom. The number of thioether (sulfide) groups is 1. The van der Waals surface area contributed by atoms with Crippen molar-refractivity contribution in [1.82, 2.24) is 0 Å². The number of aromatic nitrogens is 1. The Morgan fingerprint density at radius 1 is 1.07 bits per heavy atom. The van der Waals surface area contributed by atoms with Crippen molar-refractivity contribution in [1.29, 1.82) is 0 Å². The quantitative estimate of drug-likeness (QED) is 0.106. The van der Waals surface area contributed by atoms with E-state index in [0.717, 1.165) is 62.3 Å². The summed E-state index contributed by atoms with van der Waals surface area (Å²) in [5.41, 5.74) is 3.06. The van der Waals surface area contributed by atoms with Gasteiger partial charge in [0.15, 0.2) is 6.54 Å². The van der Waals surface area contributed by atoms with Crippen LogP contribution in [-0.2, 0) is 26.8 Å². The Bertz CT molecular complexity index is 2190. The molecule has 0 radical (unpaired) electrons. The first-order valence-electron chi connectivity index (χ1n) is 14.1. The summed E-state index contributed by atoms with van der Waals surface area (Å²) in [6.07, 6.45) is 5.38. The fourth-order valence-electron chi connectivity index (χ4n) is 5.49. The predicted octanol–water partition coefficient (Wildman–Crippen LogP) is 7.09. The van der Waals surface area contributed by atoms with E-state index in [0.29, 0.717) is 19.5 Å². The van der Waals surface area contributed by atoms with Crippen molar-refractivity contribution in [3.8, 4) is 5.75 Å². The number of benzene rings is 2. The van der Waals surface area contributed by atoms with Crippen molar-refractivity contribution in [2.45, 2.75) is 37.6 Å². The van der Waals surface area contributed by atoms with Crippen molar-refractivity contribution >= 4 is 108 Å². The second-order valence-corrected chi connectivity index (χ2v) is 17.5. The van der Waals surface area contributed by atoms with E-state index in [1.54, 1.807) is 52.9 Å². The molecule has 15 heteroatoms. The smallest absolute Gasteiger partial charge is 0.264 e. The molecule has 238 valence electrons. The third-order valence-corrected chi connectivity index (χ3v) is 13.1. The third kappa shape index (κ3) is 6.95. The zero-order valence-electron chi connectivity index (χ0n) is 24.4. The lowest BCUT2D eigenvalue weighted by molar-refractivity contribution is -0.667. The second-order valence-electron chi connectivity index (χ2n) is 10.5. The van der Waals surface area contributed by atoms with Crippen LogP contribution in [0, 0.1) is 0 Å². The van der Waals surface area contributed by atoms with Gasteiger partial charge in [0, 0.05) is 41.1 Å².